The van der Waals surface area contributed by atoms with Gasteiger partial charge in [-0.3, -0.25) is 9.48 Å². The first-order chi connectivity index (χ1) is 17.5. The summed E-state index contributed by atoms with van der Waals surface area (Å²) in [7, 11) is 0. The Morgan fingerprint density at radius 3 is 2.81 bits per heavy atom. The number of nitrogens with zero attached hydrogens (tertiary/aromatic N) is 3. The molecule has 0 radical (unpaired) electrons. The Morgan fingerprint density at radius 1 is 1.17 bits per heavy atom. The van der Waals surface area contributed by atoms with Crippen LogP contribution in [0, 0.1) is 0 Å². The standard InChI is InChI=1S/C25H28N6O5/c32-23(27-14-21(24(33)34)30-25(35)36-16-17-5-2-1-3-6-17)19-13-28-31(15-19)12-10-20-9-8-18-7-4-11-26-22(18)29-20/h1-3,5-6,8-9,13,15,21H,4,7,10-12,14,16H2,(H,26,29)(H,27,32)(H,30,35)(H,33,34)/t21-/m0/s1. The maximum absolute atomic E-state index is 12.5. The third kappa shape index (κ3) is 6.81. The first-order valence-electron chi connectivity index (χ1n) is 11.7. The number of carbonyl (C=O) groups excluding carboxylic acids is 2. The summed E-state index contributed by atoms with van der Waals surface area (Å²) in [6, 6.07) is 11.7. The van der Waals surface area contributed by atoms with Gasteiger partial charge in [-0.05, 0) is 30.0 Å². The highest BCUT2D eigenvalue weighted by molar-refractivity contribution is 5.94. The zero-order valence-electron chi connectivity index (χ0n) is 19.6. The Balaban J connectivity index is 1.24. The van der Waals surface area contributed by atoms with Crippen LogP contribution in [-0.2, 0) is 35.5 Å². The molecule has 1 aliphatic rings. The molecule has 3 aromatic rings. The lowest BCUT2D eigenvalue weighted by Crippen LogP contribution is -2.48. The van der Waals surface area contributed by atoms with Crippen LogP contribution in [0.3, 0.4) is 0 Å². The number of carbonyl (C=O) groups is 3. The van der Waals surface area contributed by atoms with E-state index < -0.39 is 24.0 Å². The van der Waals surface area contributed by atoms with Crippen molar-refractivity contribution >= 4 is 23.8 Å². The molecule has 1 aromatic carbocycles. The number of aliphatic carboxylic acids is 1. The van der Waals surface area contributed by atoms with Crippen molar-refractivity contribution in [3.8, 4) is 0 Å². The second-order valence-corrected chi connectivity index (χ2v) is 8.39. The normalized spacial score (nSPS) is 13.1. The molecule has 0 fully saturated rings. The zero-order valence-corrected chi connectivity index (χ0v) is 19.6. The van der Waals surface area contributed by atoms with E-state index in [1.54, 1.807) is 35.1 Å². The van der Waals surface area contributed by atoms with Crippen LogP contribution >= 0.6 is 0 Å². The average Bonchev–Trinajstić information content (AvgIpc) is 3.38. The first kappa shape index (κ1) is 24.7. The molecular weight excluding hydrogens is 464 g/mol. The number of aryl methyl sites for hydroxylation is 3. The first-order valence-corrected chi connectivity index (χ1v) is 11.7. The topological polar surface area (TPSA) is 147 Å². The van der Waals surface area contributed by atoms with Gasteiger partial charge in [0.25, 0.3) is 5.91 Å². The zero-order chi connectivity index (χ0) is 25.3. The van der Waals surface area contributed by atoms with Gasteiger partial charge in [-0.1, -0.05) is 36.4 Å². The molecule has 0 bridgehead atoms. The van der Waals surface area contributed by atoms with E-state index in [0.29, 0.717) is 13.0 Å². The van der Waals surface area contributed by atoms with Gasteiger partial charge in [-0.2, -0.15) is 5.10 Å². The number of carboxylic acid groups (broad SMARTS) is 1. The van der Waals surface area contributed by atoms with E-state index in [-0.39, 0.29) is 18.7 Å². The van der Waals surface area contributed by atoms with E-state index in [0.717, 1.165) is 36.5 Å². The van der Waals surface area contributed by atoms with Crippen LogP contribution < -0.4 is 16.0 Å². The van der Waals surface area contributed by atoms with Crippen LogP contribution in [0.1, 0.15) is 33.6 Å². The smallest absolute Gasteiger partial charge is 0.408 e. The fourth-order valence-corrected chi connectivity index (χ4v) is 3.74. The number of carboxylic acids is 1. The molecule has 0 spiro atoms. The maximum Gasteiger partial charge on any atom is 0.408 e. The predicted molar refractivity (Wildman–Crippen MR) is 130 cm³/mol. The molecule has 4 rings (SSSR count). The third-order valence-electron chi connectivity index (χ3n) is 5.71. The van der Waals surface area contributed by atoms with Crippen LogP contribution in [0.25, 0.3) is 0 Å². The van der Waals surface area contributed by atoms with Gasteiger partial charge in [0.15, 0.2) is 0 Å². The van der Waals surface area contributed by atoms with Gasteiger partial charge in [-0.15, -0.1) is 0 Å². The van der Waals surface area contributed by atoms with Crippen LogP contribution in [0.5, 0.6) is 0 Å². The number of ether oxygens (including phenoxy) is 1. The lowest BCUT2D eigenvalue weighted by molar-refractivity contribution is -0.139. The van der Waals surface area contributed by atoms with Gasteiger partial charge in [0.1, 0.15) is 18.5 Å². The number of benzene rings is 1. The summed E-state index contributed by atoms with van der Waals surface area (Å²) < 4.78 is 6.69. The average molecular weight is 493 g/mol. The number of hydrogen-bond donors (Lipinski definition) is 4. The molecule has 1 atom stereocenters. The maximum atomic E-state index is 12.5. The van der Waals surface area contributed by atoms with Crippen molar-refractivity contribution in [3.63, 3.8) is 0 Å². The quantitative estimate of drug-likeness (QED) is 0.336. The Morgan fingerprint density at radius 2 is 2.00 bits per heavy atom. The summed E-state index contributed by atoms with van der Waals surface area (Å²) >= 11 is 0. The summed E-state index contributed by atoms with van der Waals surface area (Å²) in [5.74, 6) is -0.859. The van der Waals surface area contributed by atoms with E-state index in [9.17, 15) is 19.5 Å². The van der Waals surface area contributed by atoms with Crippen LogP contribution in [0.2, 0.25) is 0 Å². The van der Waals surface area contributed by atoms with Gasteiger partial charge in [0.05, 0.1) is 11.8 Å². The lowest BCUT2D eigenvalue weighted by Gasteiger charge is -2.17. The van der Waals surface area contributed by atoms with E-state index >= 15 is 0 Å². The number of anilines is 1. The molecule has 4 N–H and O–H groups in total. The molecule has 0 aliphatic carbocycles. The summed E-state index contributed by atoms with van der Waals surface area (Å²) in [4.78, 5) is 40.7. The molecule has 2 amide bonds. The molecule has 3 heterocycles. The van der Waals surface area contributed by atoms with E-state index in [4.69, 9.17) is 4.74 Å². The van der Waals surface area contributed by atoms with Crippen molar-refractivity contribution in [2.45, 2.75) is 38.5 Å². The number of hydrogen-bond acceptors (Lipinski definition) is 7. The molecule has 188 valence electrons. The monoisotopic (exact) mass is 492 g/mol. The lowest BCUT2D eigenvalue weighted by atomic mass is 10.1. The van der Waals surface area contributed by atoms with Gasteiger partial charge in [0, 0.05) is 37.9 Å². The number of rotatable bonds is 10. The van der Waals surface area contributed by atoms with Crippen LogP contribution in [-0.4, -0.2) is 57.0 Å². The van der Waals surface area contributed by atoms with Crippen molar-refractivity contribution in [2.75, 3.05) is 18.4 Å². The van der Waals surface area contributed by atoms with Crippen molar-refractivity contribution in [1.82, 2.24) is 25.4 Å². The number of fused-ring (bicyclic) bond motifs is 1. The fraction of sp³-hybridized carbons (Fsp3) is 0.320. The number of aromatic nitrogens is 3. The highest BCUT2D eigenvalue weighted by Crippen LogP contribution is 2.20. The second kappa shape index (κ2) is 11.8. The highest BCUT2D eigenvalue weighted by atomic mass is 16.5. The Kier molecular flexibility index (Phi) is 8.12. The molecule has 0 unspecified atom stereocenters. The van der Waals surface area contributed by atoms with Gasteiger partial charge < -0.3 is 25.8 Å². The molecule has 1 aliphatic heterocycles. The summed E-state index contributed by atoms with van der Waals surface area (Å²) in [5.41, 5.74) is 3.20. The van der Waals surface area contributed by atoms with Crippen molar-refractivity contribution in [1.29, 1.82) is 0 Å². The minimum atomic E-state index is -1.35. The number of nitrogens with one attached hydrogen (secondary N) is 3. The third-order valence-corrected chi connectivity index (χ3v) is 5.71. The Bertz CT molecular complexity index is 1210. The second-order valence-electron chi connectivity index (χ2n) is 8.39. The van der Waals surface area contributed by atoms with E-state index in [2.05, 4.69) is 32.1 Å². The van der Waals surface area contributed by atoms with Gasteiger partial charge in [0.2, 0.25) is 0 Å². The molecular formula is C25H28N6O5. The molecule has 11 heteroatoms. The highest BCUT2D eigenvalue weighted by Gasteiger charge is 2.22. The summed E-state index contributed by atoms with van der Waals surface area (Å²) in [6.07, 6.45) is 4.89. The fourth-order valence-electron chi connectivity index (χ4n) is 3.74. The molecule has 36 heavy (non-hydrogen) atoms. The molecule has 0 saturated heterocycles. The van der Waals surface area contributed by atoms with Gasteiger partial charge >= 0.3 is 12.1 Å². The summed E-state index contributed by atoms with van der Waals surface area (Å²) in [5, 5.41) is 21.7. The largest absolute Gasteiger partial charge is 0.480 e. The predicted octanol–water partition coefficient (Wildman–Crippen LogP) is 1.99. The molecule has 11 nitrogen and oxygen atoms in total. The Hall–Kier alpha value is -4.41. The number of alkyl carbamates (subject to hydrolysis) is 1. The van der Waals surface area contributed by atoms with E-state index in [1.165, 1.54) is 11.8 Å². The van der Waals surface area contributed by atoms with Gasteiger partial charge in [-0.25, -0.2) is 14.6 Å². The van der Waals surface area contributed by atoms with Crippen LogP contribution in [0.15, 0.2) is 54.9 Å². The van der Waals surface area contributed by atoms with Crippen molar-refractivity contribution < 1.29 is 24.2 Å². The Labute approximate surface area is 207 Å². The minimum absolute atomic E-state index is 0.00203. The summed E-state index contributed by atoms with van der Waals surface area (Å²) in [6.45, 7) is 1.15. The molecule has 2 aromatic heterocycles. The number of amides is 2. The van der Waals surface area contributed by atoms with E-state index in [1.807, 2.05) is 12.1 Å². The van der Waals surface area contributed by atoms with Crippen molar-refractivity contribution in [2.24, 2.45) is 0 Å². The SMILES string of the molecule is O=C(N[C@@H](CNC(=O)c1cnn(CCc2ccc3c(n2)NCCC3)c1)C(=O)O)OCc1ccccc1. The minimum Gasteiger partial charge on any atom is -0.480 e. The van der Waals surface area contributed by atoms with Crippen LogP contribution in [0.4, 0.5) is 10.6 Å². The van der Waals surface area contributed by atoms with Crippen molar-refractivity contribution in [3.05, 3.63) is 77.2 Å². The molecule has 0 saturated carbocycles. The number of pyridine rings is 1.